The lowest BCUT2D eigenvalue weighted by atomic mass is 10.0. The Morgan fingerprint density at radius 1 is 1.10 bits per heavy atom. The van der Waals surface area contributed by atoms with Crippen molar-refractivity contribution in [3.63, 3.8) is 0 Å². The third-order valence-electron chi connectivity index (χ3n) is 4.75. The van der Waals surface area contributed by atoms with Crippen LogP contribution in [0, 0.1) is 11.8 Å². The highest BCUT2D eigenvalue weighted by Crippen LogP contribution is 2.33. The van der Waals surface area contributed by atoms with Crippen LogP contribution in [0.4, 0.5) is 0 Å². The Kier molecular flexibility index (Phi) is 3.96. The predicted molar refractivity (Wildman–Crippen MR) is 75.8 cm³/mol. The molecule has 0 aromatic rings. The smallest absolute Gasteiger partial charge is 0.225 e. The summed E-state index contributed by atoms with van der Waals surface area (Å²) in [6.07, 6.45) is 6.69. The molecule has 2 saturated carbocycles. The number of hydrogen-bond donors (Lipinski definition) is 2. The van der Waals surface area contributed by atoms with Gasteiger partial charge in [0, 0.05) is 37.5 Å². The summed E-state index contributed by atoms with van der Waals surface area (Å²) in [6, 6.07) is 0.253. The minimum Gasteiger partial charge on any atom is -0.353 e. The number of hydrogen-bond acceptors (Lipinski definition) is 3. The lowest BCUT2D eigenvalue weighted by Crippen LogP contribution is -2.47. The fourth-order valence-electron chi connectivity index (χ4n) is 3.02. The first-order chi connectivity index (χ1) is 9.63. The average Bonchev–Trinajstić information content (AvgIpc) is 3.31. The fraction of sp³-hybridized carbons (Fsp3) is 0.867. The number of piperidine rings is 1. The number of amides is 2. The number of likely N-dealkylation sites (tertiary alicyclic amines) is 1. The molecule has 3 aliphatic rings. The molecule has 2 amide bonds. The van der Waals surface area contributed by atoms with Gasteiger partial charge in [0.1, 0.15) is 0 Å². The Hall–Kier alpha value is -1.10. The molecule has 1 heterocycles. The molecule has 0 radical (unpaired) electrons. The minimum absolute atomic E-state index is 0.0338. The van der Waals surface area contributed by atoms with Crippen molar-refractivity contribution in [2.45, 2.75) is 57.0 Å². The second kappa shape index (κ2) is 5.72. The maximum Gasteiger partial charge on any atom is 0.225 e. The Labute approximate surface area is 120 Å². The van der Waals surface area contributed by atoms with Crippen molar-refractivity contribution in [2.75, 3.05) is 13.1 Å². The van der Waals surface area contributed by atoms with Gasteiger partial charge in [0.25, 0.3) is 0 Å². The van der Waals surface area contributed by atoms with Crippen LogP contribution in [-0.4, -0.2) is 41.9 Å². The van der Waals surface area contributed by atoms with E-state index in [4.69, 9.17) is 5.73 Å². The zero-order valence-electron chi connectivity index (χ0n) is 12.0. The van der Waals surface area contributed by atoms with Crippen LogP contribution in [0.5, 0.6) is 0 Å². The standard InChI is InChI=1S/C15H25N3O2/c16-13(10-1-2-10)9-14(19)17-12-5-7-18(8-6-12)15(20)11-3-4-11/h10-13H,1-9,16H2,(H,17,19). The van der Waals surface area contributed by atoms with E-state index in [1.54, 1.807) is 0 Å². The second-order valence-electron chi connectivity index (χ2n) is 6.65. The Morgan fingerprint density at radius 3 is 2.30 bits per heavy atom. The molecule has 5 nitrogen and oxygen atoms in total. The maximum atomic E-state index is 11.9. The van der Waals surface area contributed by atoms with Crippen LogP contribution in [0.15, 0.2) is 0 Å². The van der Waals surface area contributed by atoms with Crippen LogP contribution in [0.3, 0.4) is 0 Å². The Balaban J connectivity index is 1.37. The van der Waals surface area contributed by atoms with Gasteiger partial charge in [-0.3, -0.25) is 9.59 Å². The highest BCUT2D eigenvalue weighted by Gasteiger charge is 2.35. The quantitative estimate of drug-likeness (QED) is 0.775. The first-order valence-corrected chi connectivity index (χ1v) is 7.97. The molecule has 112 valence electrons. The van der Waals surface area contributed by atoms with E-state index in [0.717, 1.165) is 38.8 Å². The number of nitrogens with zero attached hydrogens (tertiary/aromatic N) is 1. The molecule has 3 N–H and O–H groups in total. The molecular formula is C15H25N3O2. The van der Waals surface area contributed by atoms with Gasteiger partial charge in [-0.05, 0) is 44.4 Å². The summed E-state index contributed by atoms with van der Waals surface area (Å²) in [5.74, 6) is 1.28. The SMILES string of the molecule is NC(CC(=O)NC1CCN(C(=O)C2CC2)CC1)C1CC1. The molecule has 1 saturated heterocycles. The molecule has 0 aromatic heterocycles. The number of nitrogens with two attached hydrogens (primary N) is 1. The molecular weight excluding hydrogens is 254 g/mol. The highest BCUT2D eigenvalue weighted by molar-refractivity contribution is 5.81. The number of rotatable bonds is 5. The van der Waals surface area contributed by atoms with Gasteiger partial charge in [0.15, 0.2) is 0 Å². The highest BCUT2D eigenvalue weighted by atomic mass is 16.2. The normalized spacial score (nSPS) is 25.4. The van der Waals surface area contributed by atoms with E-state index in [2.05, 4.69) is 5.32 Å². The minimum atomic E-state index is 0.0338. The summed E-state index contributed by atoms with van der Waals surface area (Å²) in [6.45, 7) is 1.57. The summed E-state index contributed by atoms with van der Waals surface area (Å²) in [4.78, 5) is 25.8. The molecule has 0 bridgehead atoms. The van der Waals surface area contributed by atoms with E-state index in [1.165, 1.54) is 12.8 Å². The fourth-order valence-corrected chi connectivity index (χ4v) is 3.02. The summed E-state index contributed by atoms with van der Waals surface area (Å²) in [5.41, 5.74) is 5.97. The van der Waals surface area contributed by atoms with Crippen molar-refractivity contribution in [2.24, 2.45) is 17.6 Å². The molecule has 1 unspecified atom stereocenters. The van der Waals surface area contributed by atoms with Crippen LogP contribution in [0.1, 0.15) is 44.9 Å². The largest absolute Gasteiger partial charge is 0.353 e. The van der Waals surface area contributed by atoms with Gasteiger partial charge in [-0.1, -0.05) is 0 Å². The molecule has 0 aromatic carbocycles. The average molecular weight is 279 g/mol. The molecule has 2 aliphatic carbocycles. The molecule has 1 atom stereocenters. The Bertz CT molecular complexity index is 383. The molecule has 1 aliphatic heterocycles. The summed E-state index contributed by atoms with van der Waals surface area (Å²) in [7, 11) is 0. The summed E-state index contributed by atoms with van der Waals surface area (Å²) >= 11 is 0. The van der Waals surface area contributed by atoms with Gasteiger partial charge in [-0.25, -0.2) is 0 Å². The van der Waals surface area contributed by atoms with Crippen LogP contribution in [0.2, 0.25) is 0 Å². The van der Waals surface area contributed by atoms with Gasteiger partial charge >= 0.3 is 0 Å². The maximum absolute atomic E-state index is 11.9. The van der Waals surface area contributed by atoms with E-state index < -0.39 is 0 Å². The van der Waals surface area contributed by atoms with Gasteiger partial charge in [0.2, 0.25) is 11.8 Å². The van der Waals surface area contributed by atoms with Crippen LogP contribution in [0.25, 0.3) is 0 Å². The van der Waals surface area contributed by atoms with Gasteiger partial charge in [0.05, 0.1) is 0 Å². The zero-order chi connectivity index (χ0) is 14.1. The second-order valence-corrected chi connectivity index (χ2v) is 6.65. The van der Waals surface area contributed by atoms with Crippen LogP contribution in [-0.2, 0) is 9.59 Å². The Morgan fingerprint density at radius 2 is 1.75 bits per heavy atom. The monoisotopic (exact) mass is 279 g/mol. The third-order valence-corrected chi connectivity index (χ3v) is 4.75. The van der Waals surface area contributed by atoms with E-state index in [9.17, 15) is 9.59 Å². The number of carbonyl (C=O) groups excluding carboxylic acids is 2. The topological polar surface area (TPSA) is 75.4 Å². The summed E-state index contributed by atoms with van der Waals surface area (Å²) < 4.78 is 0. The molecule has 3 fully saturated rings. The molecule has 0 spiro atoms. The van der Waals surface area contributed by atoms with Crippen molar-refractivity contribution in [3.05, 3.63) is 0 Å². The predicted octanol–water partition coefficient (Wildman–Crippen LogP) is 0.631. The van der Waals surface area contributed by atoms with Gasteiger partial charge < -0.3 is 16.0 Å². The van der Waals surface area contributed by atoms with Gasteiger partial charge in [-0.15, -0.1) is 0 Å². The van der Waals surface area contributed by atoms with Crippen LogP contribution >= 0.6 is 0 Å². The zero-order valence-corrected chi connectivity index (χ0v) is 12.0. The number of carbonyl (C=O) groups is 2. The third kappa shape index (κ3) is 3.51. The lowest BCUT2D eigenvalue weighted by molar-refractivity contribution is -0.133. The first kappa shape index (κ1) is 13.9. The van der Waals surface area contributed by atoms with E-state index >= 15 is 0 Å². The molecule has 3 rings (SSSR count). The molecule has 5 heteroatoms. The van der Waals surface area contributed by atoms with Gasteiger partial charge in [-0.2, -0.15) is 0 Å². The van der Waals surface area contributed by atoms with Crippen LogP contribution < -0.4 is 11.1 Å². The summed E-state index contributed by atoms with van der Waals surface area (Å²) in [5, 5.41) is 3.08. The van der Waals surface area contributed by atoms with E-state index in [-0.39, 0.29) is 18.0 Å². The number of nitrogens with one attached hydrogen (secondary N) is 1. The first-order valence-electron chi connectivity index (χ1n) is 7.97. The van der Waals surface area contributed by atoms with Crippen molar-refractivity contribution in [3.8, 4) is 0 Å². The van der Waals surface area contributed by atoms with E-state index in [0.29, 0.717) is 24.2 Å². The van der Waals surface area contributed by atoms with Crippen molar-refractivity contribution in [1.29, 1.82) is 0 Å². The van der Waals surface area contributed by atoms with Crippen molar-refractivity contribution >= 4 is 11.8 Å². The molecule has 20 heavy (non-hydrogen) atoms. The van der Waals surface area contributed by atoms with E-state index in [1.807, 2.05) is 4.90 Å². The lowest BCUT2D eigenvalue weighted by Gasteiger charge is -2.32. The van der Waals surface area contributed by atoms with Crippen molar-refractivity contribution < 1.29 is 9.59 Å². The van der Waals surface area contributed by atoms with Crippen molar-refractivity contribution in [1.82, 2.24) is 10.2 Å².